The molecule has 3 rings (SSSR count). The highest BCUT2D eigenvalue weighted by Gasteiger charge is 2.37. The van der Waals surface area contributed by atoms with E-state index in [1.807, 2.05) is 55.8 Å². The highest BCUT2D eigenvalue weighted by Crippen LogP contribution is 2.35. The van der Waals surface area contributed by atoms with Gasteiger partial charge in [0.05, 0.1) is 22.5 Å². The van der Waals surface area contributed by atoms with Crippen LogP contribution in [0.3, 0.4) is 0 Å². The van der Waals surface area contributed by atoms with Gasteiger partial charge in [0.25, 0.3) is 0 Å². The molecule has 1 aliphatic rings. The number of carbonyl (C=O) groups excluding carboxylic acids is 2. The standard InChI is InChI=1S/C20H20N2O3/c1-11(2)16-18(20(24)25-19(16)23)12(3)17-13(4)21-22(14(17)5)15-9-7-6-8-10-15/h6-10H,1-5H3/b18-12-. The molecule has 1 saturated heterocycles. The Bertz CT molecular complexity index is 943. The lowest BCUT2D eigenvalue weighted by molar-refractivity contribution is -0.149. The average Bonchev–Trinajstić information content (AvgIpc) is 3.03. The first-order valence-electron chi connectivity index (χ1n) is 8.10. The Morgan fingerprint density at radius 3 is 2.16 bits per heavy atom. The van der Waals surface area contributed by atoms with E-state index in [4.69, 9.17) is 4.74 Å². The average molecular weight is 336 g/mol. The highest BCUT2D eigenvalue weighted by molar-refractivity contribution is 6.22. The summed E-state index contributed by atoms with van der Waals surface area (Å²) in [5, 5.41) is 4.62. The number of esters is 2. The van der Waals surface area contributed by atoms with Gasteiger partial charge in [-0.25, -0.2) is 14.3 Å². The van der Waals surface area contributed by atoms with Crippen molar-refractivity contribution < 1.29 is 14.3 Å². The fourth-order valence-corrected chi connectivity index (χ4v) is 3.32. The number of ether oxygens (including phenoxy) is 1. The van der Waals surface area contributed by atoms with E-state index < -0.39 is 11.9 Å². The molecular formula is C20H20N2O3. The first-order valence-corrected chi connectivity index (χ1v) is 8.10. The van der Waals surface area contributed by atoms with Crippen LogP contribution in [0.2, 0.25) is 0 Å². The molecule has 1 fully saturated rings. The van der Waals surface area contributed by atoms with E-state index in [0.29, 0.717) is 16.7 Å². The Morgan fingerprint density at radius 2 is 1.56 bits per heavy atom. The number of benzene rings is 1. The molecule has 5 nitrogen and oxygen atoms in total. The summed E-state index contributed by atoms with van der Waals surface area (Å²) in [6, 6.07) is 9.79. The Balaban J connectivity index is 2.24. The van der Waals surface area contributed by atoms with E-state index in [9.17, 15) is 9.59 Å². The van der Waals surface area contributed by atoms with Gasteiger partial charge in [0, 0.05) is 11.3 Å². The zero-order valence-corrected chi connectivity index (χ0v) is 15.0. The van der Waals surface area contributed by atoms with Crippen molar-refractivity contribution in [1.29, 1.82) is 0 Å². The minimum Gasteiger partial charge on any atom is -0.386 e. The molecule has 0 bridgehead atoms. The van der Waals surface area contributed by atoms with Crippen molar-refractivity contribution in [3.05, 3.63) is 64.0 Å². The number of aromatic nitrogens is 2. The van der Waals surface area contributed by atoms with Crippen LogP contribution < -0.4 is 0 Å². The topological polar surface area (TPSA) is 61.2 Å². The zero-order chi connectivity index (χ0) is 18.3. The molecule has 1 aliphatic heterocycles. The second kappa shape index (κ2) is 6.16. The zero-order valence-electron chi connectivity index (χ0n) is 15.0. The molecule has 0 N–H and O–H groups in total. The normalized spacial score (nSPS) is 16.3. The van der Waals surface area contributed by atoms with Crippen molar-refractivity contribution in [1.82, 2.24) is 9.78 Å². The van der Waals surface area contributed by atoms with E-state index in [2.05, 4.69) is 5.10 Å². The number of para-hydroxylation sites is 1. The molecule has 0 unspecified atom stereocenters. The van der Waals surface area contributed by atoms with Crippen molar-refractivity contribution in [3.8, 4) is 5.69 Å². The molecule has 1 aromatic carbocycles. The second-order valence-corrected chi connectivity index (χ2v) is 6.35. The van der Waals surface area contributed by atoms with Gasteiger partial charge in [0.15, 0.2) is 0 Å². The van der Waals surface area contributed by atoms with Crippen molar-refractivity contribution in [3.63, 3.8) is 0 Å². The van der Waals surface area contributed by atoms with E-state index in [-0.39, 0.29) is 0 Å². The van der Waals surface area contributed by atoms with Gasteiger partial charge >= 0.3 is 11.9 Å². The third-order valence-corrected chi connectivity index (χ3v) is 4.39. The predicted molar refractivity (Wildman–Crippen MR) is 95.1 cm³/mol. The van der Waals surface area contributed by atoms with E-state index in [1.54, 1.807) is 13.8 Å². The van der Waals surface area contributed by atoms with E-state index in [1.165, 1.54) is 0 Å². The third-order valence-electron chi connectivity index (χ3n) is 4.39. The molecule has 0 atom stereocenters. The Morgan fingerprint density at radius 1 is 0.960 bits per heavy atom. The molecular weight excluding hydrogens is 316 g/mol. The van der Waals surface area contributed by atoms with E-state index >= 15 is 0 Å². The van der Waals surface area contributed by atoms with Gasteiger partial charge in [-0.15, -0.1) is 0 Å². The third kappa shape index (κ3) is 2.71. The molecule has 0 amide bonds. The molecule has 1 aromatic heterocycles. The highest BCUT2D eigenvalue weighted by atomic mass is 16.6. The molecule has 2 heterocycles. The lowest BCUT2D eigenvalue weighted by atomic mass is 9.94. The van der Waals surface area contributed by atoms with Crippen molar-refractivity contribution >= 4 is 17.5 Å². The van der Waals surface area contributed by atoms with Crippen LogP contribution in [0.5, 0.6) is 0 Å². The Kier molecular flexibility index (Phi) is 4.17. The Labute approximate surface area is 146 Å². The first-order chi connectivity index (χ1) is 11.8. The summed E-state index contributed by atoms with van der Waals surface area (Å²) in [5.41, 5.74) is 5.68. The second-order valence-electron chi connectivity index (χ2n) is 6.35. The number of aryl methyl sites for hydroxylation is 1. The smallest absolute Gasteiger partial charge is 0.347 e. The summed E-state index contributed by atoms with van der Waals surface area (Å²) in [5.74, 6) is -1.17. The quantitative estimate of drug-likeness (QED) is 0.477. The largest absolute Gasteiger partial charge is 0.386 e. The van der Waals surface area contributed by atoms with Gasteiger partial charge in [-0.1, -0.05) is 23.8 Å². The molecule has 5 heteroatoms. The van der Waals surface area contributed by atoms with Crippen LogP contribution in [0.25, 0.3) is 11.3 Å². The fraction of sp³-hybridized carbons (Fsp3) is 0.250. The molecule has 25 heavy (non-hydrogen) atoms. The van der Waals surface area contributed by atoms with Gasteiger partial charge in [0.1, 0.15) is 0 Å². The SMILES string of the molecule is CC(C)=C1C(=O)OC(=O)/C1=C(/C)c1c(C)nn(-c2ccccc2)c1C. The van der Waals surface area contributed by atoms with Gasteiger partial charge in [-0.05, 0) is 52.3 Å². The van der Waals surface area contributed by atoms with Crippen LogP contribution in [-0.2, 0) is 14.3 Å². The monoisotopic (exact) mass is 336 g/mol. The van der Waals surface area contributed by atoms with Crippen LogP contribution in [0.1, 0.15) is 37.7 Å². The number of cyclic esters (lactones) is 2. The van der Waals surface area contributed by atoms with E-state index in [0.717, 1.165) is 28.2 Å². The number of allylic oxidation sites excluding steroid dienone is 2. The predicted octanol–water partition coefficient (Wildman–Crippen LogP) is 3.68. The minimum absolute atomic E-state index is 0.337. The molecule has 0 saturated carbocycles. The van der Waals surface area contributed by atoms with Gasteiger partial charge in [0.2, 0.25) is 0 Å². The van der Waals surface area contributed by atoms with Crippen LogP contribution in [0, 0.1) is 13.8 Å². The van der Waals surface area contributed by atoms with Crippen LogP contribution in [0.4, 0.5) is 0 Å². The summed E-state index contributed by atoms with van der Waals surface area (Å²) in [6.45, 7) is 9.29. The number of carbonyl (C=O) groups is 2. The van der Waals surface area contributed by atoms with Gasteiger partial charge in [-0.3, -0.25) is 0 Å². The molecule has 0 aliphatic carbocycles. The minimum atomic E-state index is -0.593. The van der Waals surface area contributed by atoms with Crippen molar-refractivity contribution in [2.24, 2.45) is 0 Å². The summed E-state index contributed by atoms with van der Waals surface area (Å²) >= 11 is 0. The first kappa shape index (κ1) is 16.9. The Hall–Kier alpha value is -2.95. The summed E-state index contributed by atoms with van der Waals surface area (Å²) < 4.78 is 6.69. The van der Waals surface area contributed by atoms with Gasteiger partial charge < -0.3 is 4.74 Å². The molecule has 0 spiro atoms. The number of nitrogens with zero attached hydrogens (tertiary/aromatic N) is 2. The van der Waals surface area contributed by atoms with Gasteiger partial charge in [-0.2, -0.15) is 5.10 Å². The number of hydrogen-bond acceptors (Lipinski definition) is 4. The lowest BCUT2D eigenvalue weighted by Crippen LogP contribution is -2.02. The number of rotatable bonds is 2. The summed E-state index contributed by atoms with van der Waals surface area (Å²) in [7, 11) is 0. The molecule has 0 radical (unpaired) electrons. The van der Waals surface area contributed by atoms with Crippen LogP contribution in [0.15, 0.2) is 47.1 Å². The molecule has 2 aromatic rings. The van der Waals surface area contributed by atoms with Crippen molar-refractivity contribution in [2.45, 2.75) is 34.6 Å². The summed E-state index contributed by atoms with van der Waals surface area (Å²) in [4.78, 5) is 24.3. The van der Waals surface area contributed by atoms with Crippen LogP contribution >= 0.6 is 0 Å². The maximum absolute atomic E-state index is 12.3. The van der Waals surface area contributed by atoms with Crippen LogP contribution in [-0.4, -0.2) is 21.7 Å². The molecule has 128 valence electrons. The maximum atomic E-state index is 12.3. The maximum Gasteiger partial charge on any atom is 0.347 e. The lowest BCUT2D eigenvalue weighted by Gasteiger charge is -2.08. The number of hydrogen-bond donors (Lipinski definition) is 0. The summed E-state index contributed by atoms with van der Waals surface area (Å²) in [6.07, 6.45) is 0. The van der Waals surface area contributed by atoms with Crippen molar-refractivity contribution in [2.75, 3.05) is 0 Å². The fourth-order valence-electron chi connectivity index (χ4n) is 3.32.